The largest absolute Gasteiger partial charge is 0.355 e. The highest BCUT2D eigenvalue weighted by molar-refractivity contribution is 7.22. The van der Waals surface area contributed by atoms with Crippen LogP contribution in [0.2, 0.25) is 0 Å². The van der Waals surface area contributed by atoms with Crippen molar-refractivity contribution in [3.05, 3.63) is 71.2 Å². The van der Waals surface area contributed by atoms with Crippen LogP contribution in [0.25, 0.3) is 10.2 Å². The van der Waals surface area contributed by atoms with Crippen molar-refractivity contribution in [2.24, 2.45) is 5.41 Å². The molecule has 0 fully saturated rings. The van der Waals surface area contributed by atoms with Gasteiger partial charge in [-0.05, 0) is 35.2 Å². The minimum atomic E-state index is -0.345. The Morgan fingerprint density at radius 1 is 1.17 bits per heavy atom. The van der Waals surface area contributed by atoms with Gasteiger partial charge in [-0.1, -0.05) is 49.4 Å². The van der Waals surface area contributed by atoms with Gasteiger partial charge in [-0.3, -0.25) is 9.79 Å². The molecule has 1 aromatic heterocycles. The zero-order valence-corrected chi connectivity index (χ0v) is 17.6. The molecule has 0 radical (unpaired) electrons. The van der Waals surface area contributed by atoms with Crippen LogP contribution < -0.4 is 15.6 Å². The molecule has 5 rings (SSSR count). The molecule has 5 nitrogen and oxygen atoms in total. The number of benzene rings is 2. The summed E-state index contributed by atoms with van der Waals surface area (Å²) in [7, 11) is 0. The lowest BCUT2D eigenvalue weighted by Crippen LogP contribution is -2.82. The van der Waals surface area contributed by atoms with Gasteiger partial charge in [0.05, 0.1) is 21.5 Å². The van der Waals surface area contributed by atoms with Gasteiger partial charge in [0.15, 0.2) is 5.78 Å². The highest BCUT2D eigenvalue weighted by Crippen LogP contribution is 2.39. The van der Waals surface area contributed by atoms with Gasteiger partial charge in [0.25, 0.3) is 5.13 Å². The molecule has 0 bridgehead atoms. The molecule has 1 aliphatic heterocycles. The van der Waals surface area contributed by atoms with Crippen molar-refractivity contribution in [3.63, 3.8) is 0 Å². The standard InChI is InChI=1S/C23H21FN4OS/c1-23(2)11-16-19(17(29)12-23)20(13-7-9-14(24)10-8-13)27-21(25-16)28-22-26-15-5-3-4-6-18(15)30-22/h3-10,20H,11-12H2,1-2H3,(H2,25,26,27,28)/p+1/t20-/m0/s1. The average Bonchev–Trinajstić information content (AvgIpc) is 3.09. The molecule has 1 aliphatic carbocycles. The molecule has 2 aliphatic rings. The molecule has 1 atom stereocenters. The number of aromatic nitrogens is 1. The summed E-state index contributed by atoms with van der Waals surface area (Å²) in [6, 6.07) is 13.9. The van der Waals surface area contributed by atoms with Crippen LogP contribution in [0.3, 0.4) is 0 Å². The van der Waals surface area contributed by atoms with Gasteiger partial charge in [0.1, 0.15) is 11.9 Å². The normalized spacial score (nSPS) is 20.6. The topological polar surface area (TPSA) is 68.0 Å². The van der Waals surface area contributed by atoms with E-state index in [1.165, 1.54) is 12.1 Å². The minimum absolute atomic E-state index is 0.116. The van der Waals surface area contributed by atoms with E-state index in [2.05, 4.69) is 34.5 Å². The van der Waals surface area contributed by atoms with Gasteiger partial charge in [-0.15, -0.1) is 0 Å². The summed E-state index contributed by atoms with van der Waals surface area (Å²) in [5.74, 6) is 0.497. The number of carbonyl (C=O) groups excluding carboxylic acids is 1. The number of allylic oxidation sites excluding steroid dienone is 1. The summed E-state index contributed by atoms with van der Waals surface area (Å²) in [6.07, 6.45) is 1.26. The van der Waals surface area contributed by atoms with E-state index in [9.17, 15) is 9.18 Å². The molecule has 3 aromatic rings. The van der Waals surface area contributed by atoms with E-state index in [1.54, 1.807) is 23.5 Å². The fourth-order valence-corrected chi connectivity index (χ4v) is 5.06. The van der Waals surface area contributed by atoms with Crippen LogP contribution in [0, 0.1) is 11.2 Å². The lowest BCUT2D eigenvalue weighted by Gasteiger charge is -2.34. The van der Waals surface area contributed by atoms with Crippen molar-refractivity contribution in [2.75, 3.05) is 5.32 Å². The number of hydrogen-bond donors (Lipinski definition) is 3. The molecule has 152 valence electrons. The second kappa shape index (κ2) is 7.02. The van der Waals surface area contributed by atoms with Crippen LogP contribution in [0.5, 0.6) is 0 Å². The van der Waals surface area contributed by atoms with E-state index in [4.69, 9.17) is 0 Å². The van der Waals surface area contributed by atoms with E-state index in [-0.39, 0.29) is 23.1 Å². The summed E-state index contributed by atoms with van der Waals surface area (Å²) in [6.45, 7) is 4.21. The number of nitrogens with one attached hydrogen (secondary N) is 3. The number of para-hydroxylation sites is 1. The van der Waals surface area contributed by atoms with Crippen LogP contribution in [0.1, 0.15) is 38.3 Å². The molecule has 0 amide bonds. The monoisotopic (exact) mass is 421 g/mol. The van der Waals surface area contributed by atoms with Gasteiger partial charge in [0.2, 0.25) is 0 Å². The number of hydrogen-bond acceptors (Lipinski definition) is 5. The Kier molecular flexibility index (Phi) is 4.43. The summed E-state index contributed by atoms with van der Waals surface area (Å²) in [4.78, 5) is 21.1. The average molecular weight is 422 g/mol. The van der Waals surface area contributed by atoms with E-state index in [1.807, 2.05) is 24.3 Å². The number of Topliss-reactive ketones (excluding diaryl/α,β-unsaturated/α-hetero) is 1. The smallest absolute Gasteiger partial charge is 0.294 e. The summed E-state index contributed by atoms with van der Waals surface area (Å²) in [5.41, 5.74) is 3.31. The first kappa shape index (κ1) is 18.9. The maximum absolute atomic E-state index is 13.5. The maximum atomic E-state index is 13.5. The number of carbonyl (C=O) groups is 1. The van der Waals surface area contributed by atoms with Gasteiger partial charge in [0, 0.05) is 12.8 Å². The Morgan fingerprint density at radius 2 is 1.93 bits per heavy atom. The second-order valence-corrected chi connectivity index (χ2v) is 9.60. The van der Waals surface area contributed by atoms with Crippen molar-refractivity contribution in [3.8, 4) is 0 Å². The number of thiazole rings is 1. The number of guanidine groups is 1. The summed E-state index contributed by atoms with van der Waals surface area (Å²) < 4.78 is 14.6. The van der Waals surface area contributed by atoms with Crippen molar-refractivity contribution >= 4 is 38.4 Å². The molecule has 7 heteroatoms. The number of ketones is 1. The third-order valence-electron chi connectivity index (χ3n) is 5.50. The Morgan fingerprint density at radius 3 is 2.70 bits per heavy atom. The molecular weight excluding hydrogens is 399 g/mol. The number of rotatable bonds is 2. The van der Waals surface area contributed by atoms with Crippen LogP contribution >= 0.6 is 11.3 Å². The van der Waals surface area contributed by atoms with Gasteiger partial charge in [-0.2, -0.15) is 0 Å². The molecule has 3 N–H and O–H groups in total. The first-order chi connectivity index (χ1) is 14.4. The lowest BCUT2D eigenvalue weighted by atomic mass is 9.73. The molecule has 2 heterocycles. The zero-order valence-electron chi connectivity index (χ0n) is 16.8. The van der Waals surface area contributed by atoms with E-state index < -0.39 is 0 Å². The maximum Gasteiger partial charge on any atom is 0.355 e. The highest BCUT2D eigenvalue weighted by Gasteiger charge is 2.41. The molecule has 0 unspecified atom stereocenters. The molecular formula is C23H22FN4OS+. The van der Waals surface area contributed by atoms with Crippen LogP contribution in [0.4, 0.5) is 9.52 Å². The predicted molar refractivity (Wildman–Crippen MR) is 117 cm³/mol. The first-order valence-corrected chi connectivity index (χ1v) is 10.7. The van der Waals surface area contributed by atoms with Crippen molar-refractivity contribution in [1.29, 1.82) is 0 Å². The second-order valence-electron chi connectivity index (χ2n) is 8.57. The van der Waals surface area contributed by atoms with Crippen molar-refractivity contribution in [2.45, 2.75) is 32.7 Å². The number of halogens is 1. The van der Waals surface area contributed by atoms with E-state index in [0.29, 0.717) is 12.4 Å². The summed E-state index contributed by atoms with van der Waals surface area (Å²) >= 11 is 1.56. The Balaban J connectivity index is 1.54. The van der Waals surface area contributed by atoms with Crippen LogP contribution in [-0.2, 0) is 4.79 Å². The third-order valence-corrected chi connectivity index (χ3v) is 6.45. The van der Waals surface area contributed by atoms with E-state index in [0.717, 1.165) is 38.6 Å². The molecule has 30 heavy (non-hydrogen) atoms. The highest BCUT2D eigenvalue weighted by atomic mass is 32.1. The molecule has 0 saturated heterocycles. The predicted octanol–water partition coefficient (Wildman–Crippen LogP) is 3.27. The van der Waals surface area contributed by atoms with Gasteiger partial charge >= 0.3 is 5.96 Å². The van der Waals surface area contributed by atoms with Crippen LogP contribution in [-0.4, -0.2) is 16.7 Å². The molecule has 2 aromatic carbocycles. The molecule has 0 spiro atoms. The van der Waals surface area contributed by atoms with Gasteiger partial charge < -0.3 is 0 Å². The third kappa shape index (κ3) is 3.50. The van der Waals surface area contributed by atoms with Crippen molar-refractivity contribution in [1.82, 2.24) is 10.3 Å². The number of nitrogens with zero attached hydrogens (tertiary/aromatic N) is 1. The fourth-order valence-electron chi connectivity index (χ4n) is 4.19. The Hall–Kier alpha value is -3.06. The summed E-state index contributed by atoms with van der Waals surface area (Å²) in [5, 5.41) is 7.49. The zero-order chi connectivity index (χ0) is 20.9. The van der Waals surface area contributed by atoms with E-state index >= 15 is 0 Å². The lowest BCUT2D eigenvalue weighted by molar-refractivity contribution is -0.502. The van der Waals surface area contributed by atoms with Gasteiger partial charge in [-0.25, -0.2) is 20.0 Å². The first-order valence-electron chi connectivity index (χ1n) is 9.93. The SMILES string of the molecule is CC1(C)CC(=O)C2=C(C1)NC(Nc1nc3ccccc3s1)=[NH+][C@H]2c1ccc(F)cc1. The number of fused-ring (bicyclic) bond motifs is 1. The fraction of sp³-hybridized carbons (Fsp3) is 0.261. The molecule has 0 saturated carbocycles. The minimum Gasteiger partial charge on any atom is -0.294 e. The Labute approximate surface area is 177 Å². The number of anilines is 1. The quantitative estimate of drug-likeness (QED) is 0.594. The van der Waals surface area contributed by atoms with Crippen molar-refractivity contribution < 1.29 is 14.2 Å². The van der Waals surface area contributed by atoms with Crippen LogP contribution in [0.15, 0.2) is 59.8 Å². The Bertz CT molecular complexity index is 1180.